The van der Waals surface area contributed by atoms with E-state index in [0.717, 1.165) is 6.42 Å². The monoisotopic (exact) mass is 175 g/mol. The first-order valence-corrected chi connectivity index (χ1v) is 5.14. The SMILES string of the molecule is NC1(C2=CCCCC2)C=CC=CC1. The highest BCUT2D eigenvalue weighted by Crippen LogP contribution is 2.30. The van der Waals surface area contributed by atoms with Gasteiger partial charge in [-0.3, -0.25) is 0 Å². The standard InChI is InChI=1S/C12H17N/c13-12(9-5-2-6-10-12)11-7-3-1-4-8-11/h2,5-7,9H,1,3-4,8,10,13H2. The van der Waals surface area contributed by atoms with Gasteiger partial charge >= 0.3 is 0 Å². The minimum atomic E-state index is -0.158. The molecule has 0 saturated heterocycles. The summed E-state index contributed by atoms with van der Waals surface area (Å²) in [6.07, 6.45) is 16.8. The summed E-state index contributed by atoms with van der Waals surface area (Å²) in [4.78, 5) is 0. The van der Waals surface area contributed by atoms with Crippen LogP contribution in [0.1, 0.15) is 32.1 Å². The molecule has 0 bridgehead atoms. The molecule has 2 rings (SSSR count). The lowest BCUT2D eigenvalue weighted by molar-refractivity contribution is 0.551. The molecular formula is C12H17N. The van der Waals surface area contributed by atoms with Gasteiger partial charge in [-0.25, -0.2) is 0 Å². The van der Waals surface area contributed by atoms with Crippen LogP contribution < -0.4 is 5.73 Å². The first-order chi connectivity index (χ1) is 6.31. The number of rotatable bonds is 1. The van der Waals surface area contributed by atoms with E-state index in [2.05, 4.69) is 30.4 Å². The highest BCUT2D eigenvalue weighted by molar-refractivity contribution is 5.34. The smallest absolute Gasteiger partial charge is 0.0592 e. The minimum Gasteiger partial charge on any atom is -0.318 e. The van der Waals surface area contributed by atoms with Crippen molar-refractivity contribution < 1.29 is 0 Å². The van der Waals surface area contributed by atoms with E-state index in [1.807, 2.05) is 0 Å². The second kappa shape index (κ2) is 3.51. The van der Waals surface area contributed by atoms with Gasteiger partial charge in [0.05, 0.1) is 5.54 Å². The summed E-state index contributed by atoms with van der Waals surface area (Å²) in [5.41, 5.74) is 7.61. The Morgan fingerprint density at radius 1 is 1.23 bits per heavy atom. The normalized spacial score (nSPS) is 33.2. The van der Waals surface area contributed by atoms with Crippen LogP contribution >= 0.6 is 0 Å². The number of nitrogens with two attached hydrogens (primary N) is 1. The van der Waals surface area contributed by atoms with Crippen LogP contribution in [0.25, 0.3) is 0 Å². The Morgan fingerprint density at radius 2 is 2.15 bits per heavy atom. The van der Waals surface area contributed by atoms with Crippen molar-refractivity contribution in [3.63, 3.8) is 0 Å². The van der Waals surface area contributed by atoms with Crippen LogP contribution in [0.3, 0.4) is 0 Å². The third-order valence-corrected chi connectivity index (χ3v) is 2.99. The zero-order chi connectivity index (χ0) is 9.15. The van der Waals surface area contributed by atoms with Gasteiger partial charge < -0.3 is 5.73 Å². The Labute approximate surface area is 80.0 Å². The molecule has 0 radical (unpaired) electrons. The molecule has 1 unspecified atom stereocenters. The predicted octanol–water partition coefficient (Wildman–Crippen LogP) is 2.70. The summed E-state index contributed by atoms with van der Waals surface area (Å²) < 4.78 is 0. The van der Waals surface area contributed by atoms with Crippen LogP contribution in [-0.2, 0) is 0 Å². The maximum atomic E-state index is 6.33. The van der Waals surface area contributed by atoms with Gasteiger partial charge in [0.2, 0.25) is 0 Å². The van der Waals surface area contributed by atoms with Gasteiger partial charge in [-0.15, -0.1) is 0 Å². The highest BCUT2D eigenvalue weighted by atomic mass is 14.7. The van der Waals surface area contributed by atoms with Crippen molar-refractivity contribution in [3.8, 4) is 0 Å². The van der Waals surface area contributed by atoms with Crippen LogP contribution in [0.2, 0.25) is 0 Å². The summed E-state index contributed by atoms with van der Waals surface area (Å²) >= 11 is 0. The maximum absolute atomic E-state index is 6.33. The molecule has 0 amide bonds. The van der Waals surface area contributed by atoms with Gasteiger partial charge in [0, 0.05) is 0 Å². The molecule has 70 valence electrons. The molecular weight excluding hydrogens is 158 g/mol. The summed E-state index contributed by atoms with van der Waals surface area (Å²) in [7, 11) is 0. The zero-order valence-corrected chi connectivity index (χ0v) is 8.00. The quantitative estimate of drug-likeness (QED) is 0.609. The Balaban J connectivity index is 2.18. The van der Waals surface area contributed by atoms with Crippen LogP contribution in [0.15, 0.2) is 36.0 Å². The first kappa shape index (κ1) is 8.76. The second-order valence-corrected chi connectivity index (χ2v) is 4.01. The molecule has 0 aromatic heterocycles. The van der Waals surface area contributed by atoms with Gasteiger partial charge in [0.15, 0.2) is 0 Å². The topological polar surface area (TPSA) is 26.0 Å². The molecule has 0 heterocycles. The highest BCUT2D eigenvalue weighted by Gasteiger charge is 2.26. The Kier molecular flexibility index (Phi) is 2.36. The molecule has 2 aliphatic carbocycles. The van der Waals surface area contributed by atoms with Crippen LogP contribution in [0.5, 0.6) is 0 Å². The summed E-state index contributed by atoms with van der Waals surface area (Å²) in [5.74, 6) is 0. The summed E-state index contributed by atoms with van der Waals surface area (Å²) in [6, 6.07) is 0. The van der Waals surface area contributed by atoms with Crippen LogP contribution in [-0.4, -0.2) is 5.54 Å². The minimum absolute atomic E-state index is 0.158. The fraction of sp³-hybridized carbons (Fsp3) is 0.500. The molecule has 0 spiro atoms. The predicted molar refractivity (Wildman–Crippen MR) is 56.4 cm³/mol. The fourth-order valence-corrected chi connectivity index (χ4v) is 2.14. The van der Waals surface area contributed by atoms with E-state index in [1.165, 1.54) is 31.3 Å². The van der Waals surface area contributed by atoms with Crippen LogP contribution in [0.4, 0.5) is 0 Å². The summed E-state index contributed by atoms with van der Waals surface area (Å²) in [5, 5.41) is 0. The largest absolute Gasteiger partial charge is 0.318 e. The molecule has 1 nitrogen and oxygen atoms in total. The molecule has 0 saturated carbocycles. The van der Waals surface area contributed by atoms with E-state index in [9.17, 15) is 0 Å². The van der Waals surface area contributed by atoms with Gasteiger partial charge in [-0.1, -0.05) is 36.0 Å². The van der Waals surface area contributed by atoms with Gasteiger partial charge in [0.1, 0.15) is 0 Å². The average molecular weight is 175 g/mol. The van der Waals surface area contributed by atoms with Gasteiger partial charge in [-0.2, -0.15) is 0 Å². The van der Waals surface area contributed by atoms with Crippen molar-refractivity contribution in [3.05, 3.63) is 36.0 Å². The molecule has 1 heteroatoms. The number of hydrogen-bond acceptors (Lipinski definition) is 1. The van der Waals surface area contributed by atoms with Crippen LogP contribution in [0, 0.1) is 0 Å². The third kappa shape index (κ3) is 1.75. The van der Waals surface area contributed by atoms with Crippen molar-refractivity contribution in [1.29, 1.82) is 0 Å². The van der Waals surface area contributed by atoms with Gasteiger partial charge in [0.25, 0.3) is 0 Å². The Bertz CT molecular complexity index is 273. The Morgan fingerprint density at radius 3 is 2.77 bits per heavy atom. The zero-order valence-electron chi connectivity index (χ0n) is 8.00. The number of hydrogen-bond donors (Lipinski definition) is 1. The van der Waals surface area contributed by atoms with E-state index in [-0.39, 0.29) is 5.54 Å². The first-order valence-electron chi connectivity index (χ1n) is 5.14. The molecule has 0 fully saturated rings. The van der Waals surface area contributed by atoms with E-state index in [0.29, 0.717) is 0 Å². The van der Waals surface area contributed by atoms with E-state index >= 15 is 0 Å². The van der Waals surface area contributed by atoms with Crippen molar-refractivity contribution in [2.45, 2.75) is 37.6 Å². The molecule has 0 aliphatic heterocycles. The third-order valence-electron chi connectivity index (χ3n) is 2.99. The van der Waals surface area contributed by atoms with Crippen molar-refractivity contribution in [2.75, 3.05) is 0 Å². The van der Waals surface area contributed by atoms with Crippen molar-refractivity contribution in [1.82, 2.24) is 0 Å². The average Bonchev–Trinajstić information content (AvgIpc) is 2.20. The molecule has 2 N–H and O–H groups in total. The fourth-order valence-electron chi connectivity index (χ4n) is 2.14. The molecule has 1 atom stereocenters. The molecule has 13 heavy (non-hydrogen) atoms. The number of allylic oxidation sites excluding steroid dienone is 3. The maximum Gasteiger partial charge on any atom is 0.0592 e. The second-order valence-electron chi connectivity index (χ2n) is 4.01. The lowest BCUT2D eigenvalue weighted by atomic mass is 9.79. The van der Waals surface area contributed by atoms with E-state index in [4.69, 9.17) is 5.73 Å². The lowest BCUT2D eigenvalue weighted by Crippen LogP contribution is -2.40. The van der Waals surface area contributed by atoms with Crippen molar-refractivity contribution in [2.24, 2.45) is 5.73 Å². The summed E-state index contributed by atoms with van der Waals surface area (Å²) in [6.45, 7) is 0. The van der Waals surface area contributed by atoms with E-state index in [1.54, 1.807) is 0 Å². The molecule has 2 aliphatic rings. The molecule has 0 aromatic rings. The molecule has 0 aromatic carbocycles. The van der Waals surface area contributed by atoms with Crippen molar-refractivity contribution >= 4 is 0 Å². The van der Waals surface area contributed by atoms with Gasteiger partial charge in [-0.05, 0) is 32.1 Å². The lowest BCUT2D eigenvalue weighted by Gasteiger charge is -2.31. The Hall–Kier alpha value is -0.820. The van der Waals surface area contributed by atoms with E-state index < -0.39 is 0 Å².